The number of aliphatic hydroxyl groups is 1. The molecule has 2 aliphatic carbocycles. The van der Waals surface area contributed by atoms with E-state index in [4.69, 9.17) is 4.74 Å². The Morgan fingerprint density at radius 2 is 1.26 bits per heavy atom. The third-order valence-corrected chi connectivity index (χ3v) is 6.85. The number of esters is 1. The van der Waals surface area contributed by atoms with Gasteiger partial charge in [0, 0.05) is 18.6 Å². The van der Waals surface area contributed by atoms with Gasteiger partial charge in [0.15, 0.2) is 0 Å². The lowest BCUT2D eigenvalue weighted by molar-refractivity contribution is -0.163. The summed E-state index contributed by atoms with van der Waals surface area (Å²) in [5.74, 6) is -0.599. The summed E-state index contributed by atoms with van der Waals surface area (Å²) in [6.45, 7) is 1.06. The third kappa shape index (κ3) is 5.31. The van der Waals surface area contributed by atoms with Crippen molar-refractivity contribution in [3.05, 3.63) is 71.8 Å². The number of ether oxygens (including phenoxy) is 1. The van der Waals surface area contributed by atoms with Gasteiger partial charge in [0.05, 0.1) is 0 Å². The van der Waals surface area contributed by atoms with Crippen LogP contribution in [0.15, 0.2) is 60.7 Å². The molecular weight excluding hydrogens is 410 g/mol. The van der Waals surface area contributed by atoms with Crippen LogP contribution in [0.3, 0.4) is 0 Å². The first-order chi connectivity index (χ1) is 14.7. The van der Waals surface area contributed by atoms with Gasteiger partial charge in [-0.3, -0.25) is 4.90 Å². The van der Waals surface area contributed by atoms with Gasteiger partial charge in [0.1, 0.15) is 6.61 Å². The van der Waals surface area contributed by atoms with Gasteiger partial charge in [-0.25, -0.2) is 4.79 Å². The van der Waals surface area contributed by atoms with Gasteiger partial charge in [-0.1, -0.05) is 86.3 Å². The zero-order chi connectivity index (χ0) is 20.8. The van der Waals surface area contributed by atoms with Crippen LogP contribution in [-0.2, 0) is 15.1 Å². The minimum atomic E-state index is -1.80. The van der Waals surface area contributed by atoms with Crippen molar-refractivity contribution in [2.45, 2.75) is 69.1 Å². The summed E-state index contributed by atoms with van der Waals surface area (Å²) < 4.78 is 5.74. The van der Waals surface area contributed by atoms with Crippen LogP contribution in [0, 0.1) is 0 Å². The first-order valence-electron chi connectivity index (χ1n) is 11.5. The van der Waals surface area contributed by atoms with Gasteiger partial charge in [0.25, 0.3) is 0 Å². The number of carbonyl (C=O) groups is 1. The molecule has 0 bridgehead atoms. The van der Waals surface area contributed by atoms with E-state index in [0.29, 0.717) is 29.8 Å². The van der Waals surface area contributed by atoms with E-state index in [2.05, 4.69) is 4.90 Å². The molecule has 31 heavy (non-hydrogen) atoms. The molecular formula is C26H34ClNO3. The minimum Gasteiger partial charge on any atom is -0.462 e. The second-order valence-electron chi connectivity index (χ2n) is 8.69. The average molecular weight is 444 g/mol. The molecule has 1 N–H and O–H groups in total. The molecule has 2 aromatic rings. The summed E-state index contributed by atoms with van der Waals surface area (Å²) in [4.78, 5) is 15.8. The minimum absolute atomic E-state index is 0. The Balaban J connectivity index is 0.00000272. The summed E-state index contributed by atoms with van der Waals surface area (Å²) in [7, 11) is 0. The van der Waals surface area contributed by atoms with E-state index < -0.39 is 11.6 Å². The van der Waals surface area contributed by atoms with E-state index in [0.717, 1.165) is 6.54 Å². The number of carbonyl (C=O) groups excluding carboxylic acids is 1. The van der Waals surface area contributed by atoms with Gasteiger partial charge in [-0.05, 0) is 36.8 Å². The smallest absolute Gasteiger partial charge is 0.347 e. The van der Waals surface area contributed by atoms with Crippen LogP contribution in [0.4, 0.5) is 0 Å². The third-order valence-electron chi connectivity index (χ3n) is 6.85. The van der Waals surface area contributed by atoms with E-state index in [1.54, 1.807) is 24.3 Å². The standard InChI is InChI=1S/C26H33NO3.ClH/c28-25(26(29,21-11-3-1-4-12-21)22-13-5-2-6-14-22)30-20-19-27(23-15-7-8-16-23)24-17-9-10-18-24;/h1-6,11-14,23-24,29H,7-10,15-20H2;1H. The van der Waals surface area contributed by atoms with Gasteiger partial charge < -0.3 is 9.84 Å². The van der Waals surface area contributed by atoms with Crippen LogP contribution in [0.5, 0.6) is 0 Å². The van der Waals surface area contributed by atoms with Crippen molar-refractivity contribution in [2.24, 2.45) is 0 Å². The Morgan fingerprint density at radius 3 is 1.68 bits per heavy atom. The maximum atomic E-state index is 13.2. The number of benzene rings is 2. The molecule has 0 aliphatic heterocycles. The Hall–Kier alpha value is -1.88. The highest BCUT2D eigenvalue weighted by atomic mass is 35.5. The molecule has 4 rings (SSSR count). The predicted molar refractivity (Wildman–Crippen MR) is 125 cm³/mol. The lowest BCUT2D eigenvalue weighted by Gasteiger charge is -2.34. The second-order valence-corrected chi connectivity index (χ2v) is 8.69. The summed E-state index contributed by atoms with van der Waals surface area (Å²) in [5, 5.41) is 11.5. The molecule has 5 heteroatoms. The highest BCUT2D eigenvalue weighted by Gasteiger charge is 2.41. The van der Waals surface area contributed by atoms with Crippen molar-refractivity contribution in [3.8, 4) is 0 Å². The van der Waals surface area contributed by atoms with E-state index >= 15 is 0 Å². The Bertz CT molecular complexity index is 746. The lowest BCUT2D eigenvalue weighted by Crippen LogP contribution is -2.44. The average Bonchev–Trinajstić information content (AvgIpc) is 3.52. The maximum absolute atomic E-state index is 13.2. The quantitative estimate of drug-likeness (QED) is 0.578. The molecule has 4 nitrogen and oxygen atoms in total. The van der Waals surface area contributed by atoms with Gasteiger partial charge in [-0.15, -0.1) is 12.4 Å². The van der Waals surface area contributed by atoms with E-state index in [9.17, 15) is 9.90 Å². The van der Waals surface area contributed by atoms with E-state index in [1.165, 1.54) is 51.4 Å². The second kappa shape index (κ2) is 11.1. The topological polar surface area (TPSA) is 49.8 Å². The molecule has 2 fully saturated rings. The van der Waals surface area contributed by atoms with Crippen molar-refractivity contribution < 1.29 is 14.6 Å². The molecule has 2 aromatic carbocycles. The zero-order valence-corrected chi connectivity index (χ0v) is 18.9. The molecule has 2 saturated carbocycles. The van der Waals surface area contributed by atoms with Gasteiger partial charge >= 0.3 is 5.97 Å². The lowest BCUT2D eigenvalue weighted by atomic mass is 9.86. The zero-order valence-electron chi connectivity index (χ0n) is 18.1. The number of hydrogen-bond donors (Lipinski definition) is 1. The molecule has 0 spiro atoms. The fourth-order valence-corrected chi connectivity index (χ4v) is 5.24. The van der Waals surface area contributed by atoms with Gasteiger partial charge in [-0.2, -0.15) is 0 Å². The molecule has 168 valence electrons. The monoisotopic (exact) mass is 443 g/mol. The first kappa shape index (κ1) is 23.8. The number of nitrogens with zero attached hydrogens (tertiary/aromatic N) is 1. The Kier molecular flexibility index (Phi) is 8.53. The van der Waals surface area contributed by atoms with Crippen LogP contribution in [0.1, 0.15) is 62.5 Å². The molecule has 0 heterocycles. The number of rotatable bonds is 8. The summed E-state index contributed by atoms with van der Waals surface area (Å²) in [5.41, 5.74) is -0.733. The van der Waals surface area contributed by atoms with Gasteiger partial charge in [0.2, 0.25) is 5.60 Å². The van der Waals surface area contributed by atoms with Crippen molar-refractivity contribution in [2.75, 3.05) is 13.2 Å². The molecule has 2 aliphatic rings. The molecule has 0 atom stereocenters. The number of hydrogen-bond acceptors (Lipinski definition) is 4. The molecule has 0 amide bonds. The van der Waals surface area contributed by atoms with Crippen LogP contribution < -0.4 is 0 Å². The molecule has 0 saturated heterocycles. The fraction of sp³-hybridized carbons (Fsp3) is 0.500. The van der Waals surface area contributed by atoms with E-state index in [-0.39, 0.29) is 12.4 Å². The van der Waals surface area contributed by atoms with Crippen LogP contribution in [-0.4, -0.2) is 41.2 Å². The summed E-state index contributed by atoms with van der Waals surface area (Å²) in [6, 6.07) is 19.4. The maximum Gasteiger partial charge on any atom is 0.347 e. The highest BCUT2D eigenvalue weighted by Crippen LogP contribution is 2.33. The molecule has 0 radical (unpaired) electrons. The summed E-state index contributed by atoms with van der Waals surface area (Å²) >= 11 is 0. The molecule has 0 unspecified atom stereocenters. The predicted octanol–water partition coefficient (Wildman–Crippen LogP) is 5.07. The highest BCUT2D eigenvalue weighted by molar-refractivity contribution is 5.85. The Morgan fingerprint density at radius 1 is 0.839 bits per heavy atom. The van der Waals surface area contributed by atoms with Crippen molar-refractivity contribution in [3.63, 3.8) is 0 Å². The van der Waals surface area contributed by atoms with Crippen LogP contribution >= 0.6 is 12.4 Å². The van der Waals surface area contributed by atoms with Crippen LogP contribution in [0.2, 0.25) is 0 Å². The van der Waals surface area contributed by atoms with Crippen molar-refractivity contribution in [1.82, 2.24) is 4.90 Å². The normalized spacial score (nSPS) is 17.6. The van der Waals surface area contributed by atoms with Crippen molar-refractivity contribution in [1.29, 1.82) is 0 Å². The van der Waals surface area contributed by atoms with Crippen LogP contribution in [0.25, 0.3) is 0 Å². The Labute approximate surface area is 192 Å². The fourth-order valence-electron chi connectivity index (χ4n) is 5.24. The van der Waals surface area contributed by atoms with Crippen molar-refractivity contribution >= 4 is 18.4 Å². The molecule has 0 aromatic heterocycles. The first-order valence-corrected chi connectivity index (χ1v) is 11.5. The largest absolute Gasteiger partial charge is 0.462 e. The number of halogens is 1. The summed E-state index contributed by atoms with van der Waals surface area (Å²) in [6.07, 6.45) is 10.2. The SMILES string of the molecule is Cl.O=C(OCCN(C1CCCC1)C1CCCC1)C(O)(c1ccccc1)c1ccccc1. The van der Waals surface area contributed by atoms with E-state index in [1.807, 2.05) is 36.4 Å².